The van der Waals surface area contributed by atoms with Crippen LogP contribution in [0.4, 0.5) is 0 Å². The van der Waals surface area contributed by atoms with Crippen molar-refractivity contribution in [1.82, 2.24) is 5.32 Å². The second-order valence-electron chi connectivity index (χ2n) is 4.92. The number of hydrogen-bond acceptors (Lipinski definition) is 2. The van der Waals surface area contributed by atoms with E-state index in [0.29, 0.717) is 5.41 Å². The molecule has 0 aromatic heterocycles. The van der Waals surface area contributed by atoms with Gasteiger partial charge in [0.1, 0.15) is 0 Å². The van der Waals surface area contributed by atoms with Crippen LogP contribution in [0.3, 0.4) is 0 Å². The lowest BCUT2D eigenvalue weighted by molar-refractivity contribution is -0.0140. The summed E-state index contributed by atoms with van der Waals surface area (Å²) in [5.41, 5.74) is 0.191. The molecule has 2 aliphatic rings. The van der Waals surface area contributed by atoms with Crippen LogP contribution in [0.2, 0.25) is 0 Å². The zero-order valence-electron chi connectivity index (χ0n) is 7.90. The molecule has 1 saturated carbocycles. The highest BCUT2D eigenvalue weighted by Crippen LogP contribution is 2.44. The Morgan fingerprint density at radius 2 is 1.75 bits per heavy atom. The lowest BCUT2D eigenvalue weighted by Gasteiger charge is -2.39. The van der Waals surface area contributed by atoms with Gasteiger partial charge in [-0.1, -0.05) is 0 Å². The molecule has 0 radical (unpaired) electrons. The SMILES string of the molecule is CC1(O)CCC2(CCNC2)CC1. The average Bonchev–Trinajstić information content (AvgIpc) is 2.46. The first-order chi connectivity index (χ1) is 5.62. The van der Waals surface area contributed by atoms with Gasteiger partial charge in [0.25, 0.3) is 0 Å². The third kappa shape index (κ3) is 1.50. The first-order valence-electron chi connectivity index (χ1n) is 5.05. The second kappa shape index (κ2) is 2.71. The Labute approximate surface area is 74.4 Å². The molecule has 1 aliphatic heterocycles. The molecular formula is C10H19NO. The second-order valence-corrected chi connectivity index (χ2v) is 4.92. The van der Waals surface area contributed by atoms with E-state index < -0.39 is 0 Å². The smallest absolute Gasteiger partial charge is 0.0620 e. The number of aliphatic hydroxyl groups is 1. The number of nitrogens with one attached hydrogen (secondary N) is 1. The van der Waals surface area contributed by atoms with E-state index in [1.165, 1.54) is 32.4 Å². The van der Waals surface area contributed by atoms with Crippen molar-refractivity contribution in [3.05, 3.63) is 0 Å². The maximum Gasteiger partial charge on any atom is 0.0620 e. The third-order valence-electron chi connectivity index (χ3n) is 3.72. The van der Waals surface area contributed by atoms with Crippen molar-refractivity contribution in [2.24, 2.45) is 5.41 Å². The van der Waals surface area contributed by atoms with Gasteiger partial charge in [0.05, 0.1) is 5.60 Å². The summed E-state index contributed by atoms with van der Waals surface area (Å²) in [6.07, 6.45) is 5.74. The van der Waals surface area contributed by atoms with Crippen molar-refractivity contribution >= 4 is 0 Å². The Bertz CT molecular complexity index is 159. The highest BCUT2D eigenvalue weighted by molar-refractivity contribution is 4.95. The van der Waals surface area contributed by atoms with Crippen molar-refractivity contribution < 1.29 is 5.11 Å². The number of rotatable bonds is 0. The van der Waals surface area contributed by atoms with Crippen molar-refractivity contribution in [2.45, 2.75) is 44.6 Å². The maximum atomic E-state index is 9.80. The predicted octanol–water partition coefficient (Wildman–Crippen LogP) is 1.29. The van der Waals surface area contributed by atoms with Crippen LogP contribution in [-0.4, -0.2) is 23.8 Å². The van der Waals surface area contributed by atoms with Crippen LogP contribution in [0.5, 0.6) is 0 Å². The summed E-state index contributed by atoms with van der Waals surface area (Å²) in [7, 11) is 0. The lowest BCUT2D eigenvalue weighted by atomic mass is 9.69. The fourth-order valence-corrected chi connectivity index (χ4v) is 2.54. The van der Waals surface area contributed by atoms with Crippen molar-refractivity contribution in [2.75, 3.05) is 13.1 Å². The molecular weight excluding hydrogens is 150 g/mol. The molecule has 1 spiro atoms. The molecule has 12 heavy (non-hydrogen) atoms. The van der Waals surface area contributed by atoms with E-state index in [-0.39, 0.29) is 5.60 Å². The molecule has 2 nitrogen and oxygen atoms in total. The Kier molecular flexibility index (Phi) is 1.92. The molecule has 0 aromatic carbocycles. The first-order valence-corrected chi connectivity index (χ1v) is 5.05. The van der Waals surface area contributed by atoms with Gasteiger partial charge in [-0.25, -0.2) is 0 Å². The Morgan fingerprint density at radius 3 is 2.25 bits per heavy atom. The van der Waals surface area contributed by atoms with Gasteiger partial charge >= 0.3 is 0 Å². The standard InChI is InChI=1S/C10H19NO/c1-9(12)2-4-10(5-3-9)6-7-11-8-10/h11-12H,2-8H2,1H3. The summed E-state index contributed by atoms with van der Waals surface area (Å²) in [6.45, 7) is 4.34. The topological polar surface area (TPSA) is 32.3 Å². The van der Waals surface area contributed by atoms with Gasteiger partial charge in [0.2, 0.25) is 0 Å². The van der Waals surface area contributed by atoms with Crippen LogP contribution >= 0.6 is 0 Å². The molecule has 0 aromatic rings. The summed E-state index contributed by atoms with van der Waals surface area (Å²) in [6, 6.07) is 0. The minimum Gasteiger partial charge on any atom is -0.390 e. The van der Waals surface area contributed by atoms with Crippen molar-refractivity contribution in [3.63, 3.8) is 0 Å². The lowest BCUT2D eigenvalue weighted by Crippen LogP contribution is -2.37. The summed E-state index contributed by atoms with van der Waals surface area (Å²) in [5, 5.41) is 13.2. The molecule has 0 bridgehead atoms. The fraction of sp³-hybridized carbons (Fsp3) is 1.00. The predicted molar refractivity (Wildman–Crippen MR) is 49.0 cm³/mol. The first kappa shape index (κ1) is 8.52. The summed E-state index contributed by atoms with van der Waals surface area (Å²) in [4.78, 5) is 0. The largest absolute Gasteiger partial charge is 0.390 e. The van der Waals surface area contributed by atoms with Gasteiger partial charge in [-0.3, -0.25) is 0 Å². The van der Waals surface area contributed by atoms with Crippen LogP contribution in [0.25, 0.3) is 0 Å². The molecule has 2 heteroatoms. The van der Waals surface area contributed by atoms with E-state index in [4.69, 9.17) is 0 Å². The summed E-state index contributed by atoms with van der Waals surface area (Å²) >= 11 is 0. The molecule has 0 atom stereocenters. The molecule has 1 aliphatic carbocycles. The molecule has 70 valence electrons. The van der Waals surface area contributed by atoms with Crippen LogP contribution in [0.1, 0.15) is 39.0 Å². The van der Waals surface area contributed by atoms with Crippen LogP contribution < -0.4 is 5.32 Å². The molecule has 1 saturated heterocycles. The molecule has 1 heterocycles. The van der Waals surface area contributed by atoms with E-state index in [2.05, 4.69) is 5.32 Å². The summed E-state index contributed by atoms with van der Waals surface area (Å²) in [5.74, 6) is 0. The van der Waals surface area contributed by atoms with Crippen molar-refractivity contribution in [1.29, 1.82) is 0 Å². The molecule has 2 fully saturated rings. The Morgan fingerprint density at radius 1 is 1.08 bits per heavy atom. The fourth-order valence-electron chi connectivity index (χ4n) is 2.54. The Hall–Kier alpha value is -0.0800. The van der Waals surface area contributed by atoms with Crippen LogP contribution in [0, 0.1) is 5.41 Å². The van der Waals surface area contributed by atoms with Crippen molar-refractivity contribution in [3.8, 4) is 0 Å². The molecule has 0 unspecified atom stereocenters. The van der Waals surface area contributed by atoms with Gasteiger partial charge in [0.15, 0.2) is 0 Å². The molecule has 2 rings (SSSR count). The molecule has 0 amide bonds. The van der Waals surface area contributed by atoms with E-state index >= 15 is 0 Å². The van der Waals surface area contributed by atoms with Gasteiger partial charge in [-0.15, -0.1) is 0 Å². The zero-order chi connectivity index (χ0) is 8.66. The molecule has 2 N–H and O–H groups in total. The minimum atomic E-state index is -0.367. The van der Waals surface area contributed by atoms with E-state index in [1.807, 2.05) is 6.92 Å². The van der Waals surface area contributed by atoms with E-state index in [0.717, 1.165) is 12.8 Å². The van der Waals surface area contributed by atoms with E-state index in [9.17, 15) is 5.11 Å². The Balaban J connectivity index is 1.97. The van der Waals surface area contributed by atoms with Gasteiger partial charge in [-0.2, -0.15) is 0 Å². The van der Waals surface area contributed by atoms with Crippen LogP contribution in [-0.2, 0) is 0 Å². The highest BCUT2D eigenvalue weighted by Gasteiger charge is 2.40. The van der Waals surface area contributed by atoms with Crippen LogP contribution in [0.15, 0.2) is 0 Å². The monoisotopic (exact) mass is 169 g/mol. The third-order valence-corrected chi connectivity index (χ3v) is 3.72. The average molecular weight is 169 g/mol. The zero-order valence-corrected chi connectivity index (χ0v) is 7.90. The van der Waals surface area contributed by atoms with Gasteiger partial charge in [-0.05, 0) is 51.0 Å². The number of hydrogen-bond donors (Lipinski definition) is 2. The normalized spacial score (nSPS) is 48.5. The summed E-state index contributed by atoms with van der Waals surface area (Å²) < 4.78 is 0. The van der Waals surface area contributed by atoms with Gasteiger partial charge < -0.3 is 10.4 Å². The maximum absolute atomic E-state index is 9.80. The highest BCUT2D eigenvalue weighted by atomic mass is 16.3. The quantitative estimate of drug-likeness (QED) is 0.572. The van der Waals surface area contributed by atoms with E-state index in [1.54, 1.807) is 0 Å². The van der Waals surface area contributed by atoms with Gasteiger partial charge in [0, 0.05) is 6.54 Å². The minimum absolute atomic E-state index is 0.367.